The van der Waals surface area contributed by atoms with E-state index in [2.05, 4.69) is 5.32 Å². The molecule has 0 aromatic rings. The Bertz CT molecular complexity index is 288. The highest BCUT2D eigenvalue weighted by molar-refractivity contribution is 5.87. The van der Waals surface area contributed by atoms with Crippen molar-refractivity contribution in [3.8, 4) is 0 Å². The fraction of sp³-hybridized carbons (Fsp3) is 0.818. The molecule has 0 aromatic carbocycles. The molecule has 6 heteroatoms. The van der Waals surface area contributed by atoms with Crippen LogP contribution in [0.2, 0.25) is 0 Å². The fourth-order valence-electron chi connectivity index (χ4n) is 1.81. The second-order valence-corrected chi connectivity index (χ2v) is 4.46. The molecule has 98 valence electrons. The number of aliphatic carboxylic acids is 1. The Morgan fingerprint density at radius 2 is 2.29 bits per heavy atom. The van der Waals surface area contributed by atoms with Gasteiger partial charge in [0.05, 0.1) is 19.1 Å². The van der Waals surface area contributed by atoms with E-state index in [0.29, 0.717) is 6.61 Å². The minimum absolute atomic E-state index is 0.0698. The lowest BCUT2D eigenvalue weighted by atomic mass is 10.0. The normalized spacial score (nSPS) is 23.1. The maximum Gasteiger partial charge on any atom is 0.331 e. The quantitative estimate of drug-likeness (QED) is 0.696. The van der Waals surface area contributed by atoms with Gasteiger partial charge in [-0.25, -0.2) is 4.79 Å². The van der Waals surface area contributed by atoms with Crippen molar-refractivity contribution in [3.63, 3.8) is 0 Å². The number of amides is 1. The average molecular weight is 245 g/mol. The Kier molecular flexibility index (Phi) is 4.89. The van der Waals surface area contributed by atoms with E-state index in [1.807, 2.05) is 0 Å². The SMILES string of the molecule is COCC(C)(NC(=O)CC1CCCO1)C(=O)O. The molecule has 0 saturated carbocycles. The topological polar surface area (TPSA) is 84.9 Å². The van der Waals surface area contributed by atoms with E-state index in [9.17, 15) is 9.59 Å². The van der Waals surface area contributed by atoms with Gasteiger partial charge < -0.3 is 19.9 Å². The summed E-state index contributed by atoms with van der Waals surface area (Å²) in [5, 5.41) is 11.5. The summed E-state index contributed by atoms with van der Waals surface area (Å²) in [6, 6.07) is 0. The standard InChI is InChI=1S/C11H19NO5/c1-11(7-16-2,10(14)15)12-9(13)6-8-4-3-5-17-8/h8H,3-7H2,1-2H3,(H,12,13)(H,14,15). The molecule has 0 aromatic heterocycles. The van der Waals surface area contributed by atoms with Crippen LogP contribution in [-0.2, 0) is 19.1 Å². The minimum Gasteiger partial charge on any atom is -0.479 e. The third-order valence-corrected chi connectivity index (χ3v) is 2.76. The van der Waals surface area contributed by atoms with Crippen molar-refractivity contribution >= 4 is 11.9 Å². The van der Waals surface area contributed by atoms with E-state index < -0.39 is 11.5 Å². The van der Waals surface area contributed by atoms with Crippen molar-refractivity contribution in [3.05, 3.63) is 0 Å². The molecule has 0 bridgehead atoms. The van der Waals surface area contributed by atoms with Crippen LogP contribution in [0.5, 0.6) is 0 Å². The van der Waals surface area contributed by atoms with Crippen LogP contribution in [0.25, 0.3) is 0 Å². The molecule has 2 unspecified atom stereocenters. The van der Waals surface area contributed by atoms with Gasteiger partial charge in [-0.05, 0) is 19.8 Å². The minimum atomic E-state index is -1.38. The summed E-state index contributed by atoms with van der Waals surface area (Å²) >= 11 is 0. The highest BCUT2D eigenvalue weighted by Gasteiger charge is 2.35. The van der Waals surface area contributed by atoms with Gasteiger partial charge in [-0.1, -0.05) is 0 Å². The van der Waals surface area contributed by atoms with E-state index >= 15 is 0 Å². The molecule has 2 atom stereocenters. The highest BCUT2D eigenvalue weighted by atomic mass is 16.5. The van der Waals surface area contributed by atoms with E-state index in [1.165, 1.54) is 14.0 Å². The van der Waals surface area contributed by atoms with Crippen molar-refractivity contribution in [1.29, 1.82) is 0 Å². The first kappa shape index (κ1) is 13.9. The van der Waals surface area contributed by atoms with Crippen molar-refractivity contribution in [2.24, 2.45) is 0 Å². The lowest BCUT2D eigenvalue weighted by Crippen LogP contribution is -2.55. The summed E-state index contributed by atoms with van der Waals surface area (Å²) < 4.78 is 10.1. The van der Waals surface area contributed by atoms with Gasteiger partial charge in [-0.2, -0.15) is 0 Å². The molecule has 17 heavy (non-hydrogen) atoms. The number of methoxy groups -OCH3 is 1. The van der Waals surface area contributed by atoms with Gasteiger partial charge in [-0.15, -0.1) is 0 Å². The second kappa shape index (κ2) is 5.97. The molecular formula is C11H19NO5. The molecule has 0 spiro atoms. The Labute approximate surface area is 100 Å². The number of hydrogen-bond donors (Lipinski definition) is 2. The van der Waals surface area contributed by atoms with Crippen LogP contribution < -0.4 is 5.32 Å². The molecule has 1 saturated heterocycles. The molecule has 0 aliphatic carbocycles. The number of hydrogen-bond acceptors (Lipinski definition) is 4. The van der Waals surface area contributed by atoms with Crippen LogP contribution in [-0.4, -0.2) is 48.9 Å². The van der Waals surface area contributed by atoms with Gasteiger partial charge in [0.15, 0.2) is 5.54 Å². The number of carbonyl (C=O) groups excluding carboxylic acids is 1. The maximum atomic E-state index is 11.7. The molecule has 1 rings (SSSR count). The Balaban J connectivity index is 2.48. The maximum absolute atomic E-state index is 11.7. The van der Waals surface area contributed by atoms with Crippen LogP contribution >= 0.6 is 0 Å². The van der Waals surface area contributed by atoms with Gasteiger partial charge >= 0.3 is 5.97 Å². The predicted octanol–water partition coefficient (Wildman–Crippen LogP) is 0.161. The summed E-state index contributed by atoms with van der Waals surface area (Å²) in [5.74, 6) is -1.43. The van der Waals surface area contributed by atoms with Crippen molar-refractivity contribution in [1.82, 2.24) is 5.32 Å². The van der Waals surface area contributed by atoms with Crippen molar-refractivity contribution in [2.45, 2.75) is 37.8 Å². The van der Waals surface area contributed by atoms with E-state index in [-0.39, 0.29) is 25.0 Å². The summed E-state index contributed by atoms with van der Waals surface area (Å²) in [5.41, 5.74) is -1.38. The Morgan fingerprint density at radius 1 is 1.59 bits per heavy atom. The number of nitrogens with one attached hydrogen (secondary N) is 1. The van der Waals surface area contributed by atoms with Crippen LogP contribution in [0.3, 0.4) is 0 Å². The summed E-state index contributed by atoms with van der Waals surface area (Å²) in [6.07, 6.45) is 1.91. The van der Waals surface area contributed by atoms with E-state index in [1.54, 1.807) is 0 Å². The third-order valence-electron chi connectivity index (χ3n) is 2.76. The van der Waals surface area contributed by atoms with Gasteiger partial charge in [0.25, 0.3) is 0 Å². The van der Waals surface area contributed by atoms with Crippen LogP contribution in [0.15, 0.2) is 0 Å². The molecule has 1 amide bonds. The summed E-state index contributed by atoms with van der Waals surface area (Å²) in [7, 11) is 1.40. The molecular weight excluding hydrogens is 226 g/mol. The first-order valence-corrected chi connectivity index (χ1v) is 5.63. The number of ether oxygens (including phenoxy) is 2. The van der Waals surface area contributed by atoms with Crippen molar-refractivity contribution in [2.75, 3.05) is 20.3 Å². The predicted molar refractivity (Wildman–Crippen MR) is 59.7 cm³/mol. The van der Waals surface area contributed by atoms with Gasteiger partial charge in [0, 0.05) is 13.7 Å². The van der Waals surface area contributed by atoms with Crippen molar-refractivity contribution < 1.29 is 24.2 Å². The molecule has 1 heterocycles. The molecule has 6 nitrogen and oxygen atoms in total. The van der Waals surface area contributed by atoms with Gasteiger partial charge in [-0.3, -0.25) is 4.79 Å². The second-order valence-electron chi connectivity index (χ2n) is 4.46. The molecule has 1 fully saturated rings. The van der Waals surface area contributed by atoms with Gasteiger partial charge in [0.2, 0.25) is 5.91 Å². The molecule has 0 radical (unpaired) electrons. The highest BCUT2D eigenvalue weighted by Crippen LogP contribution is 2.16. The molecule has 2 N–H and O–H groups in total. The zero-order valence-corrected chi connectivity index (χ0v) is 10.2. The largest absolute Gasteiger partial charge is 0.479 e. The van der Waals surface area contributed by atoms with Gasteiger partial charge in [0.1, 0.15) is 0 Å². The number of carbonyl (C=O) groups is 2. The zero-order valence-electron chi connectivity index (χ0n) is 10.2. The molecule has 1 aliphatic heterocycles. The number of carboxylic acid groups (broad SMARTS) is 1. The lowest BCUT2D eigenvalue weighted by molar-refractivity contribution is -0.149. The summed E-state index contributed by atoms with van der Waals surface area (Å²) in [6.45, 7) is 2.03. The smallest absolute Gasteiger partial charge is 0.331 e. The van der Waals surface area contributed by atoms with Crippen LogP contribution in [0.4, 0.5) is 0 Å². The Morgan fingerprint density at radius 3 is 2.76 bits per heavy atom. The third kappa shape index (κ3) is 3.98. The number of rotatable bonds is 6. The molecule has 1 aliphatic rings. The number of carboxylic acids is 1. The monoisotopic (exact) mass is 245 g/mol. The van der Waals surface area contributed by atoms with Crippen LogP contribution in [0, 0.1) is 0 Å². The van der Waals surface area contributed by atoms with Crippen LogP contribution in [0.1, 0.15) is 26.2 Å². The zero-order chi connectivity index (χ0) is 12.9. The lowest BCUT2D eigenvalue weighted by Gasteiger charge is -2.25. The summed E-state index contributed by atoms with van der Waals surface area (Å²) in [4.78, 5) is 22.7. The first-order chi connectivity index (χ1) is 7.98. The average Bonchev–Trinajstić information content (AvgIpc) is 2.70. The van der Waals surface area contributed by atoms with E-state index in [4.69, 9.17) is 14.6 Å². The van der Waals surface area contributed by atoms with E-state index in [0.717, 1.165) is 12.8 Å². The first-order valence-electron chi connectivity index (χ1n) is 5.63. The Hall–Kier alpha value is -1.14. The fourth-order valence-corrected chi connectivity index (χ4v) is 1.81.